The van der Waals surface area contributed by atoms with Crippen molar-refractivity contribution in [3.63, 3.8) is 0 Å². The van der Waals surface area contributed by atoms with Crippen molar-refractivity contribution in [3.05, 3.63) is 34.6 Å². The third-order valence-corrected chi connectivity index (χ3v) is 2.67. The Hall–Kier alpha value is -1.09. The number of carbonyl (C=O) groups is 1. The van der Waals surface area contributed by atoms with Crippen LogP contribution in [0.15, 0.2) is 18.2 Å². The summed E-state index contributed by atoms with van der Waals surface area (Å²) < 4.78 is 12.8. The maximum absolute atomic E-state index is 12.8. The van der Waals surface area contributed by atoms with Crippen molar-refractivity contribution in [1.29, 1.82) is 0 Å². The third kappa shape index (κ3) is 3.81. The smallest absolute Gasteiger partial charge is 0.303 e. The summed E-state index contributed by atoms with van der Waals surface area (Å²) in [5.41, 5.74) is 0.377. The minimum atomic E-state index is -0.844. The van der Waals surface area contributed by atoms with E-state index >= 15 is 0 Å². The van der Waals surface area contributed by atoms with Crippen LogP contribution in [0.25, 0.3) is 0 Å². The fourth-order valence-corrected chi connectivity index (χ4v) is 1.89. The highest BCUT2D eigenvalue weighted by atomic mass is 35.5. The van der Waals surface area contributed by atoms with Crippen LogP contribution in [-0.2, 0) is 11.2 Å². The number of carboxylic acid groups (broad SMARTS) is 1. The molecule has 2 nitrogen and oxygen atoms in total. The number of rotatable bonds is 4. The van der Waals surface area contributed by atoms with Gasteiger partial charge in [-0.25, -0.2) is 4.39 Å². The molecule has 88 valence electrons. The SMILES string of the molecule is CC(C)(CC(=O)O)Cc1ccc(F)cc1Cl. The fraction of sp³-hybridized carbons (Fsp3) is 0.417. The molecular formula is C12H14ClFO2. The summed E-state index contributed by atoms with van der Waals surface area (Å²) in [4.78, 5) is 10.7. The van der Waals surface area contributed by atoms with Crippen molar-refractivity contribution in [1.82, 2.24) is 0 Å². The average Bonchev–Trinajstić information content (AvgIpc) is 2.07. The molecule has 0 bridgehead atoms. The maximum Gasteiger partial charge on any atom is 0.303 e. The molecule has 0 aliphatic carbocycles. The second-order valence-electron chi connectivity index (χ2n) is 4.65. The van der Waals surface area contributed by atoms with Crippen molar-refractivity contribution >= 4 is 17.6 Å². The summed E-state index contributed by atoms with van der Waals surface area (Å²) in [6.45, 7) is 3.70. The lowest BCUT2D eigenvalue weighted by molar-refractivity contribution is -0.139. The Morgan fingerprint density at radius 3 is 2.62 bits per heavy atom. The average molecular weight is 245 g/mol. The Morgan fingerprint density at radius 1 is 1.50 bits per heavy atom. The van der Waals surface area contributed by atoms with Gasteiger partial charge in [0.2, 0.25) is 0 Å². The third-order valence-electron chi connectivity index (χ3n) is 2.31. The number of benzene rings is 1. The fourth-order valence-electron chi connectivity index (χ4n) is 1.65. The van der Waals surface area contributed by atoms with Crippen LogP contribution >= 0.6 is 11.6 Å². The predicted octanol–water partition coefficient (Wildman–Crippen LogP) is 3.52. The molecule has 1 rings (SSSR count). The molecule has 0 radical (unpaired) electrons. The highest BCUT2D eigenvalue weighted by Crippen LogP contribution is 2.29. The van der Waals surface area contributed by atoms with E-state index in [1.165, 1.54) is 12.1 Å². The van der Waals surface area contributed by atoms with Gasteiger partial charge in [0.05, 0.1) is 6.42 Å². The number of carboxylic acids is 1. The van der Waals surface area contributed by atoms with E-state index in [0.717, 1.165) is 5.56 Å². The lowest BCUT2D eigenvalue weighted by Gasteiger charge is -2.22. The van der Waals surface area contributed by atoms with Gasteiger partial charge < -0.3 is 5.11 Å². The molecule has 0 aliphatic heterocycles. The molecule has 4 heteroatoms. The Labute approximate surface area is 99.0 Å². The second kappa shape index (κ2) is 4.83. The summed E-state index contributed by atoms with van der Waals surface area (Å²) in [5.74, 6) is -1.23. The topological polar surface area (TPSA) is 37.3 Å². The van der Waals surface area contributed by atoms with E-state index < -0.39 is 11.4 Å². The lowest BCUT2D eigenvalue weighted by Crippen LogP contribution is -2.19. The molecule has 0 saturated carbocycles. The van der Waals surface area contributed by atoms with E-state index in [1.54, 1.807) is 6.07 Å². The van der Waals surface area contributed by atoms with Gasteiger partial charge in [0.25, 0.3) is 0 Å². The maximum atomic E-state index is 12.8. The van der Waals surface area contributed by atoms with Crippen molar-refractivity contribution in [2.45, 2.75) is 26.7 Å². The molecular weight excluding hydrogens is 231 g/mol. The molecule has 0 unspecified atom stereocenters. The zero-order chi connectivity index (χ0) is 12.3. The molecule has 1 aromatic carbocycles. The van der Waals surface area contributed by atoms with E-state index in [1.807, 2.05) is 13.8 Å². The van der Waals surface area contributed by atoms with Gasteiger partial charge in [-0.3, -0.25) is 4.79 Å². The van der Waals surface area contributed by atoms with Crippen LogP contribution in [0, 0.1) is 11.2 Å². The Morgan fingerprint density at radius 2 is 2.12 bits per heavy atom. The van der Waals surface area contributed by atoms with Crippen molar-refractivity contribution in [2.75, 3.05) is 0 Å². The zero-order valence-electron chi connectivity index (χ0n) is 9.26. The van der Waals surface area contributed by atoms with E-state index in [0.29, 0.717) is 11.4 Å². The van der Waals surface area contributed by atoms with E-state index in [9.17, 15) is 9.18 Å². The number of aliphatic carboxylic acids is 1. The van der Waals surface area contributed by atoms with Crippen LogP contribution in [0.3, 0.4) is 0 Å². The standard InChI is InChI=1S/C12H14ClFO2/c1-12(2,7-11(15)16)6-8-3-4-9(14)5-10(8)13/h3-5H,6-7H2,1-2H3,(H,15,16). The summed E-state index contributed by atoms with van der Waals surface area (Å²) in [6.07, 6.45) is 0.569. The molecule has 0 atom stereocenters. The first-order valence-electron chi connectivity index (χ1n) is 4.96. The molecule has 0 saturated heterocycles. The van der Waals surface area contributed by atoms with Crippen LogP contribution < -0.4 is 0 Å². The molecule has 0 aromatic heterocycles. The zero-order valence-corrected chi connectivity index (χ0v) is 10.0. The summed E-state index contributed by atoms with van der Waals surface area (Å²) in [7, 11) is 0. The van der Waals surface area contributed by atoms with Crippen molar-refractivity contribution in [2.24, 2.45) is 5.41 Å². The van der Waals surface area contributed by atoms with E-state index in [-0.39, 0.29) is 12.2 Å². The van der Waals surface area contributed by atoms with Gasteiger partial charge >= 0.3 is 5.97 Å². The molecule has 0 heterocycles. The lowest BCUT2D eigenvalue weighted by atomic mass is 9.83. The van der Waals surface area contributed by atoms with Crippen LogP contribution in [0.1, 0.15) is 25.8 Å². The van der Waals surface area contributed by atoms with Crippen LogP contribution in [0.4, 0.5) is 4.39 Å². The number of hydrogen-bond acceptors (Lipinski definition) is 1. The van der Waals surface area contributed by atoms with Gasteiger partial charge in [0, 0.05) is 5.02 Å². The van der Waals surface area contributed by atoms with Gasteiger partial charge in [0.1, 0.15) is 5.82 Å². The summed E-state index contributed by atoms with van der Waals surface area (Å²) in [6, 6.07) is 4.17. The monoisotopic (exact) mass is 244 g/mol. The quantitative estimate of drug-likeness (QED) is 0.880. The Balaban J connectivity index is 2.83. The first kappa shape index (κ1) is 13.0. The van der Waals surface area contributed by atoms with Crippen LogP contribution in [-0.4, -0.2) is 11.1 Å². The molecule has 0 amide bonds. The van der Waals surface area contributed by atoms with Gasteiger partial charge in [-0.05, 0) is 29.5 Å². The predicted molar refractivity (Wildman–Crippen MR) is 61.1 cm³/mol. The Bertz CT molecular complexity index is 402. The van der Waals surface area contributed by atoms with Crippen LogP contribution in [0.5, 0.6) is 0 Å². The molecule has 0 fully saturated rings. The van der Waals surface area contributed by atoms with Gasteiger partial charge in [-0.15, -0.1) is 0 Å². The minimum Gasteiger partial charge on any atom is -0.481 e. The largest absolute Gasteiger partial charge is 0.481 e. The molecule has 0 spiro atoms. The van der Waals surface area contributed by atoms with Crippen molar-refractivity contribution in [3.8, 4) is 0 Å². The highest BCUT2D eigenvalue weighted by Gasteiger charge is 2.23. The second-order valence-corrected chi connectivity index (χ2v) is 5.05. The first-order chi connectivity index (χ1) is 7.30. The summed E-state index contributed by atoms with van der Waals surface area (Å²) in [5, 5.41) is 9.09. The first-order valence-corrected chi connectivity index (χ1v) is 5.34. The minimum absolute atomic E-state index is 0.0563. The van der Waals surface area contributed by atoms with Gasteiger partial charge in [-0.2, -0.15) is 0 Å². The van der Waals surface area contributed by atoms with Crippen LogP contribution in [0.2, 0.25) is 5.02 Å². The van der Waals surface area contributed by atoms with Gasteiger partial charge in [0.15, 0.2) is 0 Å². The molecule has 1 aromatic rings. The Kier molecular flexibility index (Phi) is 3.92. The normalized spacial score (nSPS) is 11.5. The number of hydrogen-bond donors (Lipinski definition) is 1. The highest BCUT2D eigenvalue weighted by molar-refractivity contribution is 6.31. The molecule has 16 heavy (non-hydrogen) atoms. The molecule has 0 aliphatic rings. The van der Waals surface area contributed by atoms with E-state index in [2.05, 4.69) is 0 Å². The number of halogens is 2. The van der Waals surface area contributed by atoms with Gasteiger partial charge in [-0.1, -0.05) is 31.5 Å². The van der Waals surface area contributed by atoms with Crippen molar-refractivity contribution < 1.29 is 14.3 Å². The molecule has 1 N–H and O–H groups in total. The van der Waals surface area contributed by atoms with E-state index in [4.69, 9.17) is 16.7 Å². The summed E-state index contributed by atoms with van der Waals surface area (Å²) >= 11 is 5.88.